The number of hydrogen-bond donors (Lipinski definition) is 1. The van der Waals surface area contributed by atoms with E-state index in [0.29, 0.717) is 42.7 Å². The smallest absolute Gasteiger partial charge is 0.253 e. The van der Waals surface area contributed by atoms with Gasteiger partial charge in [-0.25, -0.2) is 0 Å². The summed E-state index contributed by atoms with van der Waals surface area (Å²) in [4.78, 5) is 14.9. The maximum Gasteiger partial charge on any atom is 0.253 e. The Kier molecular flexibility index (Phi) is 5.80. The molecule has 0 unspecified atom stereocenters. The lowest BCUT2D eigenvalue weighted by molar-refractivity contribution is 0.0709. The average Bonchev–Trinajstić information content (AvgIpc) is 3.21. The molecule has 0 bridgehead atoms. The van der Waals surface area contributed by atoms with Crippen molar-refractivity contribution in [2.75, 3.05) is 33.4 Å². The summed E-state index contributed by atoms with van der Waals surface area (Å²) in [5, 5.41) is 12.1. The molecule has 2 aliphatic rings. The number of methoxy groups -OCH3 is 1. The van der Waals surface area contributed by atoms with Gasteiger partial charge in [0.05, 0.1) is 13.7 Å². The second-order valence-electron chi connectivity index (χ2n) is 7.33. The fourth-order valence-electron chi connectivity index (χ4n) is 4.01. The summed E-state index contributed by atoms with van der Waals surface area (Å²) in [6, 6.07) is 5.31. The van der Waals surface area contributed by atoms with Gasteiger partial charge in [-0.3, -0.25) is 4.79 Å². The maximum atomic E-state index is 13.0. The van der Waals surface area contributed by atoms with Crippen molar-refractivity contribution in [1.29, 1.82) is 0 Å². The van der Waals surface area contributed by atoms with Gasteiger partial charge in [0.2, 0.25) is 0 Å². The van der Waals surface area contributed by atoms with E-state index in [4.69, 9.17) is 9.47 Å². The molecule has 1 aromatic carbocycles. The number of ether oxygens (including phenoxy) is 2. The summed E-state index contributed by atoms with van der Waals surface area (Å²) in [5.41, 5.74) is 0.609. The van der Waals surface area contributed by atoms with Crippen molar-refractivity contribution in [3.05, 3.63) is 48.1 Å². The van der Waals surface area contributed by atoms with E-state index in [1.165, 1.54) is 0 Å². The predicted molar refractivity (Wildman–Crippen MR) is 108 cm³/mol. The number of benzene rings is 1. The second kappa shape index (κ2) is 8.65. The highest BCUT2D eigenvalue weighted by atomic mass is 16.5. The molecule has 2 aliphatic heterocycles. The van der Waals surface area contributed by atoms with Crippen molar-refractivity contribution in [3.8, 4) is 11.5 Å². The van der Waals surface area contributed by atoms with Gasteiger partial charge < -0.3 is 24.3 Å². The molecule has 0 spiro atoms. The highest BCUT2D eigenvalue weighted by Gasteiger charge is 2.29. The number of amides is 1. The van der Waals surface area contributed by atoms with Crippen LogP contribution >= 0.6 is 0 Å². The maximum absolute atomic E-state index is 13.0. The van der Waals surface area contributed by atoms with Gasteiger partial charge in [0.15, 0.2) is 11.5 Å². The lowest BCUT2D eigenvalue weighted by atomic mass is 9.95. The van der Waals surface area contributed by atoms with Crippen molar-refractivity contribution < 1.29 is 14.3 Å². The monoisotopic (exact) mass is 397 g/mol. The van der Waals surface area contributed by atoms with Gasteiger partial charge in [0.25, 0.3) is 5.91 Å². The highest BCUT2D eigenvalue weighted by Crippen LogP contribution is 2.31. The van der Waals surface area contributed by atoms with Crippen LogP contribution in [-0.4, -0.2) is 58.9 Å². The average molecular weight is 397 g/mol. The molecule has 1 N–H and O–H groups in total. The molecule has 1 aromatic heterocycles. The minimum Gasteiger partial charge on any atom is -0.493 e. The number of aromatic nitrogens is 3. The summed E-state index contributed by atoms with van der Waals surface area (Å²) >= 11 is 0. The first-order valence-electron chi connectivity index (χ1n) is 10.0. The van der Waals surface area contributed by atoms with E-state index >= 15 is 0 Å². The molecule has 0 atom stereocenters. The highest BCUT2D eigenvalue weighted by molar-refractivity contribution is 5.95. The number of carbonyl (C=O) groups is 1. The van der Waals surface area contributed by atoms with E-state index in [9.17, 15) is 4.79 Å². The van der Waals surface area contributed by atoms with Gasteiger partial charge in [-0.15, -0.1) is 10.2 Å². The largest absolute Gasteiger partial charge is 0.493 e. The number of nitrogens with one attached hydrogen (secondary N) is 1. The molecular weight excluding hydrogens is 370 g/mol. The zero-order valence-corrected chi connectivity index (χ0v) is 16.8. The van der Waals surface area contributed by atoms with Gasteiger partial charge in [-0.2, -0.15) is 0 Å². The third-order valence-corrected chi connectivity index (χ3v) is 5.57. The summed E-state index contributed by atoms with van der Waals surface area (Å²) in [5.74, 6) is 3.60. The Labute approximate surface area is 170 Å². The fraction of sp³-hybridized carbons (Fsp3) is 0.476. The Bertz CT molecular complexity index is 886. The number of fused-ring (bicyclic) bond motifs is 1. The molecule has 3 heterocycles. The van der Waals surface area contributed by atoms with Gasteiger partial charge in [0.1, 0.15) is 18.3 Å². The van der Waals surface area contributed by atoms with Crippen LogP contribution in [-0.2, 0) is 13.1 Å². The van der Waals surface area contributed by atoms with E-state index in [-0.39, 0.29) is 5.91 Å². The van der Waals surface area contributed by atoms with Gasteiger partial charge in [-0.1, -0.05) is 12.7 Å². The number of nitrogens with zero attached hydrogens (tertiary/aromatic N) is 4. The first-order chi connectivity index (χ1) is 14.2. The topological polar surface area (TPSA) is 81.5 Å². The first-order valence-corrected chi connectivity index (χ1v) is 10.0. The van der Waals surface area contributed by atoms with Crippen molar-refractivity contribution in [2.45, 2.75) is 31.8 Å². The predicted octanol–water partition coefficient (Wildman–Crippen LogP) is 1.97. The van der Waals surface area contributed by atoms with Crippen LogP contribution in [0.15, 0.2) is 30.9 Å². The third-order valence-electron chi connectivity index (χ3n) is 5.57. The van der Waals surface area contributed by atoms with E-state index in [0.717, 1.165) is 44.1 Å². The lowest BCUT2D eigenvalue weighted by Crippen LogP contribution is -2.39. The van der Waals surface area contributed by atoms with Crippen LogP contribution in [0.4, 0.5) is 0 Å². The Morgan fingerprint density at radius 2 is 2.10 bits per heavy atom. The van der Waals surface area contributed by atoms with Crippen LogP contribution in [0.25, 0.3) is 0 Å². The van der Waals surface area contributed by atoms with E-state index in [2.05, 4.69) is 26.7 Å². The molecule has 0 aliphatic carbocycles. The molecule has 1 saturated heterocycles. The quantitative estimate of drug-likeness (QED) is 0.751. The molecule has 2 aromatic rings. The number of rotatable bonds is 6. The van der Waals surface area contributed by atoms with Gasteiger partial charge in [0, 0.05) is 37.7 Å². The Hall–Kier alpha value is -2.87. The van der Waals surface area contributed by atoms with Crippen molar-refractivity contribution in [3.63, 3.8) is 0 Å². The van der Waals surface area contributed by atoms with E-state index in [1.807, 2.05) is 4.90 Å². The van der Waals surface area contributed by atoms with Crippen molar-refractivity contribution in [1.82, 2.24) is 25.0 Å². The molecule has 4 rings (SSSR count). The molecule has 154 valence electrons. The summed E-state index contributed by atoms with van der Waals surface area (Å²) < 4.78 is 13.2. The standard InChI is InChI=1S/C21H27N5O3/c1-3-12-29-17-5-4-16(13-18(17)28-2)21(27)25-9-6-15(7-10-25)20-24-23-19-14-22-8-11-26(19)20/h3-5,13,15,22H,1,6-12,14H2,2H3. The Morgan fingerprint density at radius 3 is 2.86 bits per heavy atom. The van der Waals surface area contributed by atoms with Crippen LogP contribution in [0.3, 0.4) is 0 Å². The van der Waals surface area contributed by atoms with Crippen LogP contribution in [0.2, 0.25) is 0 Å². The van der Waals surface area contributed by atoms with Gasteiger partial charge >= 0.3 is 0 Å². The molecule has 1 fully saturated rings. The normalized spacial score (nSPS) is 16.9. The molecule has 0 radical (unpaired) electrons. The molecular formula is C21H27N5O3. The van der Waals surface area contributed by atoms with Crippen LogP contribution < -0.4 is 14.8 Å². The van der Waals surface area contributed by atoms with Crippen molar-refractivity contribution >= 4 is 5.91 Å². The molecule has 0 saturated carbocycles. The SMILES string of the molecule is C=CCOc1ccc(C(=O)N2CCC(c3nnc4n3CCNC4)CC2)cc1OC. The van der Waals surface area contributed by atoms with Gasteiger partial charge in [-0.05, 0) is 31.0 Å². The van der Waals surface area contributed by atoms with Crippen molar-refractivity contribution in [2.24, 2.45) is 0 Å². The minimum atomic E-state index is 0.0180. The number of carbonyl (C=O) groups excluding carboxylic acids is 1. The van der Waals surface area contributed by atoms with Crippen LogP contribution in [0.1, 0.15) is 40.8 Å². The lowest BCUT2D eigenvalue weighted by Gasteiger charge is -2.32. The van der Waals surface area contributed by atoms with Crippen LogP contribution in [0, 0.1) is 0 Å². The fourth-order valence-corrected chi connectivity index (χ4v) is 4.01. The Morgan fingerprint density at radius 1 is 1.28 bits per heavy atom. The zero-order valence-electron chi connectivity index (χ0n) is 16.8. The first kappa shape index (κ1) is 19.4. The molecule has 29 heavy (non-hydrogen) atoms. The third kappa shape index (κ3) is 3.98. The van der Waals surface area contributed by atoms with E-state index < -0.39 is 0 Å². The number of hydrogen-bond acceptors (Lipinski definition) is 6. The van der Waals surface area contributed by atoms with Crippen LogP contribution in [0.5, 0.6) is 11.5 Å². The molecule has 8 heteroatoms. The second-order valence-corrected chi connectivity index (χ2v) is 7.33. The minimum absolute atomic E-state index is 0.0180. The summed E-state index contributed by atoms with van der Waals surface area (Å²) in [7, 11) is 1.57. The molecule has 1 amide bonds. The molecule has 8 nitrogen and oxygen atoms in total. The number of piperidine rings is 1. The Balaban J connectivity index is 1.41. The van der Waals surface area contributed by atoms with E-state index in [1.54, 1.807) is 31.4 Å². The summed E-state index contributed by atoms with van der Waals surface area (Å²) in [6.07, 6.45) is 3.47. The number of likely N-dealkylation sites (tertiary alicyclic amines) is 1. The summed E-state index contributed by atoms with van der Waals surface area (Å²) in [6.45, 7) is 8.09. The zero-order chi connectivity index (χ0) is 20.2.